The van der Waals surface area contributed by atoms with Gasteiger partial charge < -0.3 is 24.9 Å². The average Bonchev–Trinajstić information content (AvgIpc) is 2.11. The van der Waals surface area contributed by atoms with Gasteiger partial charge in [0.25, 0.3) is 0 Å². The molecule has 0 aliphatic carbocycles. The minimum absolute atomic E-state index is 1.30. The van der Waals surface area contributed by atoms with Gasteiger partial charge in [0.2, 0.25) is 0 Å². The molecule has 0 bridgehead atoms. The maximum Gasteiger partial charge on any atom is 0.527 e. The Morgan fingerprint density at radius 1 is 1.12 bits per heavy atom. The van der Waals surface area contributed by atoms with Gasteiger partial charge in [0, 0.05) is 0 Å². The Labute approximate surface area is 103 Å². The molecule has 1 unspecified atom stereocenters. The molecule has 0 saturated heterocycles. The molecule has 0 heterocycles. The first-order valence-electron chi connectivity index (χ1n) is 3.71. The Morgan fingerprint density at radius 2 is 1.56 bits per heavy atom. The predicted octanol–water partition coefficient (Wildman–Crippen LogP) is -2.54. The zero-order valence-corrected chi connectivity index (χ0v) is 10.6. The number of carbonyl (C=O) groups excluding carboxylic acids is 1. The van der Waals surface area contributed by atoms with Crippen LogP contribution < -0.4 is 0 Å². The van der Waals surface area contributed by atoms with E-state index in [2.05, 4.69) is 4.52 Å². The summed E-state index contributed by atoms with van der Waals surface area (Å²) in [6.07, 6.45) is -6.39. The van der Waals surface area contributed by atoms with Crippen molar-refractivity contribution in [3.63, 3.8) is 0 Å². The number of carbonyl (C=O) groups is 1. The Hall–Kier alpha value is 0.190. The fourth-order valence-electron chi connectivity index (χ4n) is 0.660. The number of hydrogen-bond acceptors (Lipinski definition) is 7. The van der Waals surface area contributed by atoms with Crippen LogP contribution in [-0.2, 0) is 13.9 Å². The molecule has 0 aromatic rings. The van der Waals surface area contributed by atoms with E-state index in [0.29, 0.717) is 0 Å². The van der Waals surface area contributed by atoms with Gasteiger partial charge in [-0.25, -0.2) is 9.36 Å². The zero-order chi connectivity index (χ0) is 13.1. The lowest BCUT2D eigenvalue weighted by Gasteiger charge is -2.22. The van der Waals surface area contributed by atoms with Gasteiger partial charge in [-0.1, -0.05) is 0 Å². The smallest absolute Gasteiger partial charge is 0.387 e. The molecule has 0 amide bonds. The molecule has 9 nitrogen and oxygen atoms in total. The third kappa shape index (κ3) is 5.50. The Bertz CT molecular complexity index is 288. The molecule has 0 aliphatic heterocycles. The highest BCUT2D eigenvalue weighted by atomic mass is 127. The normalized spacial score (nSPS) is 19.7. The van der Waals surface area contributed by atoms with Crippen molar-refractivity contribution < 1.29 is 44.1 Å². The SMILES string of the molecule is O=C(OP(=O)(O)O)[C@H](O)[C@H](O)[C@H](O)C(O)I. The summed E-state index contributed by atoms with van der Waals surface area (Å²) in [4.78, 5) is 27.3. The number of hydrogen-bond donors (Lipinski definition) is 6. The lowest BCUT2D eigenvalue weighted by molar-refractivity contribution is -0.158. The van der Waals surface area contributed by atoms with Crippen LogP contribution >= 0.6 is 30.4 Å². The molecule has 0 aliphatic rings. The second kappa shape index (κ2) is 6.21. The summed E-state index contributed by atoms with van der Waals surface area (Å²) in [5.41, 5.74) is 0. The number of phosphoric ester groups is 1. The van der Waals surface area contributed by atoms with E-state index in [1.807, 2.05) is 0 Å². The maximum atomic E-state index is 10.8. The number of aliphatic hydroxyl groups is 4. The highest BCUT2D eigenvalue weighted by Gasteiger charge is 2.37. The van der Waals surface area contributed by atoms with E-state index >= 15 is 0 Å². The predicted molar refractivity (Wildman–Crippen MR) is 56.2 cm³/mol. The van der Waals surface area contributed by atoms with Gasteiger partial charge in [-0.2, -0.15) is 0 Å². The van der Waals surface area contributed by atoms with Crippen LogP contribution in [0.2, 0.25) is 0 Å². The molecule has 4 atom stereocenters. The first kappa shape index (κ1) is 16.2. The standard InChI is InChI=1S/C5H10IO9P/c6-4(10)2(8)1(7)3(9)5(11)15-16(12,13)14/h1-4,7-10H,(H2,12,13,14)/t1-,2+,3-,4?/m1/s1. The van der Waals surface area contributed by atoms with E-state index < -0.39 is 36.2 Å². The third-order valence-electron chi connectivity index (χ3n) is 1.41. The zero-order valence-electron chi connectivity index (χ0n) is 7.54. The van der Waals surface area contributed by atoms with E-state index in [1.54, 1.807) is 0 Å². The topological polar surface area (TPSA) is 165 Å². The van der Waals surface area contributed by atoms with Crippen LogP contribution in [0.15, 0.2) is 0 Å². The van der Waals surface area contributed by atoms with Crippen molar-refractivity contribution in [2.75, 3.05) is 0 Å². The molecule has 0 saturated carbocycles. The monoisotopic (exact) mass is 372 g/mol. The number of halogens is 1. The molecule has 0 fully saturated rings. The van der Waals surface area contributed by atoms with Crippen LogP contribution in [0.4, 0.5) is 0 Å². The molecule has 0 aromatic carbocycles. The molecule has 11 heteroatoms. The molecule has 6 N–H and O–H groups in total. The largest absolute Gasteiger partial charge is 0.527 e. The summed E-state index contributed by atoms with van der Waals surface area (Å²) in [6.45, 7) is 0. The molecule has 16 heavy (non-hydrogen) atoms. The van der Waals surface area contributed by atoms with Gasteiger partial charge in [0.15, 0.2) is 6.10 Å². The summed E-state index contributed by atoms with van der Waals surface area (Å²) in [6, 6.07) is 0. The van der Waals surface area contributed by atoms with Crippen LogP contribution in [0.1, 0.15) is 0 Å². The quantitative estimate of drug-likeness (QED) is 0.173. The minimum atomic E-state index is -5.14. The van der Waals surface area contributed by atoms with Crippen molar-refractivity contribution in [1.82, 2.24) is 0 Å². The fourth-order valence-corrected chi connectivity index (χ4v) is 1.43. The van der Waals surface area contributed by atoms with Gasteiger partial charge in [-0.15, -0.1) is 0 Å². The molecule has 96 valence electrons. The van der Waals surface area contributed by atoms with E-state index in [-0.39, 0.29) is 0 Å². The molecule has 0 spiro atoms. The fraction of sp³-hybridized carbons (Fsp3) is 0.800. The highest BCUT2D eigenvalue weighted by molar-refractivity contribution is 14.1. The Morgan fingerprint density at radius 3 is 1.88 bits per heavy atom. The van der Waals surface area contributed by atoms with Gasteiger partial charge in [-0.05, 0) is 22.6 Å². The molecular weight excluding hydrogens is 362 g/mol. The summed E-state index contributed by atoms with van der Waals surface area (Å²) in [7, 11) is -5.14. The van der Waals surface area contributed by atoms with Gasteiger partial charge in [0.05, 0.1) is 0 Å². The van der Waals surface area contributed by atoms with Crippen molar-refractivity contribution in [2.24, 2.45) is 0 Å². The summed E-state index contributed by atoms with van der Waals surface area (Å²) < 4.78 is 12.2. The van der Waals surface area contributed by atoms with Crippen LogP contribution in [0.5, 0.6) is 0 Å². The Balaban J connectivity index is 4.50. The van der Waals surface area contributed by atoms with Crippen molar-refractivity contribution in [3.05, 3.63) is 0 Å². The van der Waals surface area contributed by atoms with Crippen LogP contribution in [0, 0.1) is 0 Å². The molecule has 0 rings (SSSR count). The lowest BCUT2D eigenvalue weighted by atomic mass is 10.1. The lowest BCUT2D eigenvalue weighted by Crippen LogP contribution is -2.46. The second-order valence-electron chi connectivity index (χ2n) is 2.70. The Kier molecular flexibility index (Phi) is 6.29. The number of rotatable bonds is 5. The van der Waals surface area contributed by atoms with Crippen molar-refractivity contribution in [2.45, 2.75) is 22.4 Å². The number of alkyl halides is 1. The third-order valence-corrected chi connectivity index (χ3v) is 2.56. The van der Waals surface area contributed by atoms with Crippen LogP contribution in [-0.4, -0.2) is 58.6 Å². The van der Waals surface area contributed by atoms with E-state index in [0.717, 1.165) is 0 Å². The van der Waals surface area contributed by atoms with Crippen LogP contribution in [0.25, 0.3) is 0 Å². The number of aliphatic hydroxyl groups excluding tert-OH is 4. The van der Waals surface area contributed by atoms with Gasteiger partial charge in [0.1, 0.15) is 16.3 Å². The highest BCUT2D eigenvalue weighted by Crippen LogP contribution is 2.36. The molecular formula is C5H10IO9P. The van der Waals surface area contributed by atoms with E-state index in [4.69, 9.17) is 30.2 Å². The van der Waals surface area contributed by atoms with Gasteiger partial charge >= 0.3 is 13.8 Å². The van der Waals surface area contributed by atoms with E-state index in [1.165, 1.54) is 22.6 Å². The summed E-state index contributed by atoms with van der Waals surface area (Å²) in [5, 5.41) is 36.0. The van der Waals surface area contributed by atoms with Gasteiger partial charge in [-0.3, -0.25) is 9.79 Å². The molecule has 0 aromatic heterocycles. The first-order chi connectivity index (χ1) is 7.06. The summed E-state index contributed by atoms with van der Waals surface area (Å²) in [5.74, 6) is -1.81. The number of phosphoric acid groups is 1. The van der Waals surface area contributed by atoms with Crippen molar-refractivity contribution >= 4 is 36.4 Å². The second-order valence-corrected chi connectivity index (χ2v) is 5.14. The minimum Gasteiger partial charge on any atom is -0.387 e. The van der Waals surface area contributed by atoms with E-state index in [9.17, 15) is 9.36 Å². The maximum absolute atomic E-state index is 10.8. The van der Waals surface area contributed by atoms with Crippen molar-refractivity contribution in [3.8, 4) is 0 Å². The van der Waals surface area contributed by atoms with Crippen LogP contribution in [0.3, 0.4) is 0 Å². The molecule has 0 radical (unpaired) electrons. The first-order valence-corrected chi connectivity index (χ1v) is 6.49. The van der Waals surface area contributed by atoms with Crippen molar-refractivity contribution in [1.29, 1.82) is 0 Å². The average molecular weight is 372 g/mol. The summed E-state index contributed by atoms with van der Waals surface area (Å²) >= 11 is 1.30.